The largest absolute Gasteiger partial charge is 0.493 e. The summed E-state index contributed by atoms with van der Waals surface area (Å²) in [6.45, 7) is 2.29. The standard InChI is InChI=1S/C38H30F4N6O3S/c1-18-46-47-36(51-18)28-25(12-7-19-5-8-21(39)9-6-19)44-31-26-4-3-15-48(26)37(49)30(31)29(28)27-16-20-13-14-43-35(33(20)52-27)45-34-22-10-11-24(40)32(50-2)23(22)17-38(34,41)42/h5-6,8-11,13-14,16,26,34H,3-4,7,12,15,17H2,1-2H3,(H,43,45)/t26-,34?/m0/s1. The van der Waals surface area contributed by atoms with Gasteiger partial charge in [-0.1, -0.05) is 18.2 Å². The second kappa shape index (κ2) is 12.1. The molecule has 264 valence electrons. The quantitative estimate of drug-likeness (QED) is 0.156. The number of hydrogen-bond acceptors (Lipinski definition) is 9. The molecule has 2 aromatic carbocycles. The van der Waals surface area contributed by atoms with Gasteiger partial charge in [0, 0.05) is 42.1 Å². The van der Waals surface area contributed by atoms with Crippen molar-refractivity contribution in [2.45, 2.75) is 57.0 Å². The highest BCUT2D eigenvalue weighted by atomic mass is 32.1. The molecule has 52 heavy (non-hydrogen) atoms. The van der Waals surface area contributed by atoms with E-state index in [4.69, 9.17) is 14.1 Å². The van der Waals surface area contributed by atoms with Gasteiger partial charge in [-0.2, -0.15) is 0 Å². The molecule has 9 rings (SSSR count). The van der Waals surface area contributed by atoms with E-state index in [0.717, 1.165) is 24.5 Å². The third kappa shape index (κ3) is 5.13. The number of thiophene rings is 1. The maximum atomic E-state index is 15.7. The van der Waals surface area contributed by atoms with Crippen molar-refractivity contribution in [2.24, 2.45) is 0 Å². The molecule has 1 aliphatic carbocycles. The first-order valence-electron chi connectivity index (χ1n) is 16.9. The second-order valence-corrected chi connectivity index (χ2v) is 14.4. The van der Waals surface area contributed by atoms with Gasteiger partial charge in [0.1, 0.15) is 17.7 Å². The van der Waals surface area contributed by atoms with Crippen LogP contribution in [0.5, 0.6) is 5.75 Å². The lowest BCUT2D eigenvalue weighted by molar-refractivity contribution is -0.00736. The lowest BCUT2D eigenvalue weighted by Crippen LogP contribution is -2.28. The number of hydrogen-bond donors (Lipinski definition) is 1. The van der Waals surface area contributed by atoms with Crippen molar-refractivity contribution in [1.29, 1.82) is 0 Å². The molecule has 2 aliphatic heterocycles. The van der Waals surface area contributed by atoms with Crippen LogP contribution in [0, 0.1) is 18.6 Å². The first-order valence-corrected chi connectivity index (χ1v) is 17.7. The molecule has 9 nitrogen and oxygen atoms in total. The molecule has 1 amide bonds. The number of fused-ring (bicyclic) bond motifs is 5. The molecule has 1 N–H and O–H groups in total. The summed E-state index contributed by atoms with van der Waals surface area (Å²) in [6, 6.07) is 10.8. The van der Waals surface area contributed by atoms with Crippen molar-refractivity contribution in [2.75, 3.05) is 19.0 Å². The van der Waals surface area contributed by atoms with Crippen molar-refractivity contribution in [3.8, 4) is 27.6 Å². The molecule has 1 unspecified atom stereocenters. The van der Waals surface area contributed by atoms with Crippen LogP contribution in [-0.4, -0.2) is 50.5 Å². The zero-order valence-electron chi connectivity index (χ0n) is 28.0. The average Bonchev–Trinajstić information content (AvgIpc) is 3.95. The van der Waals surface area contributed by atoms with Crippen molar-refractivity contribution >= 4 is 33.1 Å². The average molecular weight is 727 g/mol. The van der Waals surface area contributed by atoms with E-state index in [1.165, 1.54) is 42.8 Å². The van der Waals surface area contributed by atoms with Gasteiger partial charge in [0.05, 0.1) is 40.4 Å². The molecule has 1 fully saturated rings. The molecule has 1 saturated heterocycles. The van der Waals surface area contributed by atoms with Crippen molar-refractivity contribution < 1.29 is 31.5 Å². The van der Waals surface area contributed by atoms with E-state index in [0.29, 0.717) is 68.3 Å². The van der Waals surface area contributed by atoms with Gasteiger partial charge in [-0.15, -0.1) is 21.5 Å². The maximum Gasteiger partial charge on any atom is 0.276 e. The number of rotatable bonds is 8. The normalized spacial score (nSPS) is 18.6. The van der Waals surface area contributed by atoms with Crippen molar-refractivity contribution in [1.82, 2.24) is 25.1 Å². The molecular formula is C38H30F4N6O3S. The summed E-state index contributed by atoms with van der Waals surface area (Å²) in [5.74, 6) is -3.87. The summed E-state index contributed by atoms with van der Waals surface area (Å²) in [4.78, 5) is 26.4. The molecule has 6 heterocycles. The first-order chi connectivity index (χ1) is 25.1. The molecule has 4 aromatic heterocycles. The van der Waals surface area contributed by atoms with Crippen molar-refractivity contribution in [3.05, 3.63) is 106 Å². The number of alkyl halides is 2. The lowest BCUT2D eigenvalue weighted by Gasteiger charge is -2.22. The number of carbonyl (C=O) groups excluding carboxylic acids is 1. The summed E-state index contributed by atoms with van der Waals surface area (Å²) < 4.78 is 71.3. The number of halogens is 4. The second-order valence-electron chi connectivity index (χ2n) is 13.3. The van der Waals surface area contributed by atoms with Gasteiger partial charge in [0.15, 0.2) is 11.6 Å². The Kier molecular flexibility index (Phi) is 7.58. The third-order valence-electron chi connectivity index (χ3n) is 10.2. The molecule has 0 spiro atoms. The van der Waals surface area contributed by atoms with E-state index in [2.05, 4.69) is 20.5 Å². The van der Waals surface area contributed by atoms with Crippen LogP contribution < -0.4 is 10.1 Å². The van der Waals surface area contributed by atoms with E-state index in [9.17, 15) is 13.6 Å². The smallest absolute Gasteiger partial charge is 0.276 e. The Morgan fingerprint density at radius 1 is 1.06 bits per heavy atom. The van der Waals surface area contributed by atoms with Crippen molar-refractivity contribution in [3.63, 3.8) is 0 Å². The van der Waals surface area contributed by atoms with Crippen LogP contribution in [0.3, 0.4) is 0 Å². The summed E-state index contributed by atoms with van der Waals surface area (Å²) in [6.07, 6.45) is 3.45. The fourth-order valence-corrected chi connectivity index (χ4v) is 9.05. The first kappa shape index (κ1) is 32.5. The monoisotopic (exact) mass is 726 g/mol. The summed E-state index contributed by atoms with van der Waals surface area (Å²) >= 11 is 1.30. The van der Waals surface area contributed by atoms with Gasteiger partial charge >= 0.3 is 0 Å². The maximum absolute atomic E-state index is 15.7. The molecule has 14 heteroatoms. The van der Waals surface area contributed by atoms with Crippen LogP contribution >= 0.6 is 11.3 Å². The minimum absolute atomic E-state index is 0.114. The van der Waals surface area contributed by atoms with Crippen LogP contribution in [0.25, 0.3) is 32.0 Å². The zero-order valence-corrected chi connectivity index (χ0v) is 28.8. The van der Waals surface area contributed by atoms with Gasteiger partial charge < -0.3 is 19.4 Å². The van der Waals surface area contributed by atoms with Crippen LogP contribution in [0.15, 0.2) is 59.1 Å². The molecule has 2 atom stereocenters. The molecular weight excluding hydrogens is 697 g/mol. The minimum Gasteiger partial charge on any atom is -0.493 e. The molecule has 3 aliphatic rings. The number of methoxy groups -OCH3 is 1. The third-order valence-corrected chi connectivity index (χ3v) is 11.4. The summed E-state index contributed by atoms with van der Waals surface area (Å²) in [7, 11) is 1.26. The van der Waals surface area contributed by atoms with Crippen LogP contribution in [-0.2, 0) is 19.3 Å². The highest BCUT2D eigenvalue weighted by Gasteiger charge is 2.50. The van der Waals surface area contributed by atoms with Gasteiger partial charge in [0.2, 0.25) is 11.8 Å². The Hall–Kier alpha value is -5.37. The predicted octanol–water partition coefficient (Wildman–Crippen LogP) is 8.42. The zero-order chi connectivity index (χ0) is 35.9. The lowest BCUT2D eigenvalue weighted by atomic mass is 9.93. The van der Waals surface area contributed by atoms with Gasteiger partial charge in [-0.05, 0) is 72.5 Å². The fraction of sp³-hybridized carbons (Fsp3) is 0.289. The van der Waals surface area contributed by atoms with E-state index in [1.807, 2.05) is 11.0 Å². The van der Waals surface area contributed by atoms with Crippen LogP contribution in [0.1, 0.15) is 69.3 Å². The van der Waals surface area contributed by atoms with Crippen LogP contribution in [0.4, 0.5) is 23.4 Å². The number of carbonyl (C=O) groups is 1. The molecule has 6 aromatic rings. The highest BCUT2D eigenvalue weighted by molar-refractivity contribution is 7.23. The Bertz CT molecular complexity index is 2410. The molecule has 0 radical (unpaired) electrons. The molecule has 0 bridgehead atoms. The van der Waals surface area contributed by atoms with Gasteiger partial charge in [-0.25, -0.2) is 22.5 Å². The number of nitrogens with one attached hydrogen (secondary N) is 1. The highest BCUT2D eigenvalue weighted by Crippen LogP contribution is 2.52. The fourth-order valence-electron chi connectivity index (χ4n) is 7.88. The number of nitrogens with zero attached hydrogens (tertiary/aromatic N) is 5. The number of aromatic nitrogens is 4. The number of aryl methyl sites for hydroxylation is 3. The number of pyridine rings is 2. The Morgan fingerprint density at radius 3 is 2.65 bits per heavy atom. The SMILES string of the molecule is COc1c(F)ccc2c1CC(F)(F)C2Nc1nccc2cc(-c3c4c(nc(CCc5ccc(F)cc5)c3-c3nnc(C)o3)[C@@H]3CCCN3C4=O)sc12. The van der Waals surface area contributed by atoms with Gasteiger partial charge in [0.25, 0.3) is 11.8 Å². The van der Waals surface area contributed by atoms with E-state index >= 15 is 8.78 Å². The summed E-state index contributed by atoms with van der Waals surface area (Å²) in [5, 5.41) is 12.2. The minimum atomic E-state index is -3.26. The number of anilines is 1. The Balaban J connectivity index is 1.21. The predicted molar refractivity (Wildman–Crippen MR) is 186 cm³/mol. The topological polar surface area (TPSA) is 106 Å². The summed E-state index contributed by atoms with van der Waals surface area (Å²) in [5.41, 5.74) is 4.16. The number of amides is 1. The molecule has 0 saturated carbocycles. The number of benzene rings is 2. The van der Waals surface area contributed by atoms with E-state index in [1.54, 1.807) is 25.1 Å². The van der Waals surface area contributed by atoms with Crippen LogP contribution in [0.2, 0.25) is 0 Å². The Labute approximate surface area is 298 Å². The number of ether oxygens (including phenoxy) is 1. The van der Waals surface area contributed by atoms with E-state index < -0.39 is 24.2 Å². The van der Waals surface area contributed by atoms with Gasteiger partial charge in [-0.3, -0.25) is 9.78 Å². The Morgan fingerprint density at radius 2 is 1.88 bits per heavy atom. The van der Waals surface area contributed by atoms with E-state index in [-0.39, 0.29) is 46.4 Å².